The topological polar surface area (TPSA) is 82.4 Å². The molecule has 3 rings (SSSR count). The Bertz CT molecular complexity index is 1140. The molecule has 0 aromatic heterocycles. The van der Waals surface area contributed by atoms with E-state index in [0.717, 1.165) is 5.56 Å². The lowest BCUT2D eigenvalue weighted by Gasteiger charge is -2.35. The molecule has 1 unspecified atom stereocenters. The molecule has 1 atom stereocenters. The summed E-state index contributed by atoms with van der Waals surface area (Å²) in [7, 11) is 0. The Balaban J connectivity index is 2.34. The number of carboxylic acid groups (broad SMARTS) is 1. The van der Waals surface area contributed by atoms with Gasteiger partial charge in [0.2, 0.25) is 0 Å². The van der Waals surface area contributed by atoms with Crippen LogP contribution in [0.3, 0.4) is 0 Å². The minimum absolute atomic E-state index is 0.0793. The zero-order valence-electron chi connectivity index (χ0n) is 18.1. The summed E-state index contributed by atoms with van der Waals surface area (Å²) in [6.45, 7) is 0.0460. The van der Waals surface area contributed by atoms with Crippen molar-refractivity contribution in [3.05, 3.63) is 89.5 Å². The second kappa shape index (κ2) is 10.1. The molecule has 0 aliphatic carbocycles. The molecular formula is C26H22F2NO4-. The minimum atomic E-state index is -3.13. The number of halogens is 2. The number of alkyl halides is 2. The van der Waals surface area contributed by atoms with Crippen LogP contribution in [0.4, 0.5) is 8.78 Å². The molecule has 0 aliphatic rings. The van der Waals surface area contributed by atoms with Gasteiger partial charge in [0, 0.05) is 12.0 Å². The monoisotopic (exact) mass is 450 g/mol. The van der Waals surface area contributed by atoms with Crippen molar-refractivity contribution in [1.29, 1.82) is 5.26 Å². The molecule has 170 valence electrons. The van der Waals surface area contributed by atoms with Crippen LogP contribution in [-0.2, 0) is 16.6 Å². The van der Waals surface area contributed by atoms with E-state index in [2.05, 4.69) is 0 Å². The van der Waals surface area contributed by atoms with Gasteiger partial charge in [-0.2, -0.15) is 14.0 Å². The highest BCUT2D eigenvalue weighted by atomic mass is 19.3. The van der Waals surface area contributed by atoms with Gasteiger partial charge in [-0.1, -0.05) is 68.4 Å². The Morgan fingerprint density at radius 3 is 2.15 bits per heavy atom. The van der Waals surface area contributed by atoms with Gasteiger partial charge >= 0.3 is 6.61 Å². The van der Waals surface area contributed by atoms with Crippen LogP contribution in [0.1, 0.15) is 30.5 Å². The first-order valence-electron chi connectivity index (χ1n) is 10.3. The van der Waals surface area contributed by atoms with Gasteiger partial charge in [-0.05, 0) is 35.2 Å². The van der Waals surface area contributed by atoms with E-state index >= 15 is 0 Å². The summed E-state index contributed by atoms with van der Waals surface area (Å²) in [6.07, 6.45) is 0.113. The van der Waals surface area contributed by atoms with Gasteiger partial charge in [0.05, 0.1) is 12.0 Å². The Morgan fingerprint density at radius 2 is 1.64 bits per heavy atom. The zero-order valence-corrected chi connectivity index (χ0v) is 18.1. The molecule has 0 fully saturated rings. The van der Waals surface area contributed by atoms with E-state index in [4.69, 9.17) is 9.47 Å². The lowest BCUT2D eigenvalue weighted by Crippen LogP contribution is -2.49. The number of carboxylic acids is 1. The largest absolute Gasteiger partial charge is 0.548 e. The van der Waals surface area contributed by atoms with E-state index < -0.39 is 23.9 Å². The average molecular weight is 450 g/mol. The van der Waals surface area contributed by atoms with Gasteiger partial charge in [-0.3, -0.25) is 0 Å². The molecular weight excluding hydrogens is 428 g/mol. The fourth-order valence-electron chi connectivity index (χ4n) is 3.75. The van der Waals surface area contributed by atoms with Crippen LogP contribution in [0.15, 0.2) is 72.8 Å². The van der Waals surface area contributed by atoms with Gasteiger partial charge in [0.15, 0.2) is 11.5 Å². The fourth-order valence-corrected chi connectivity index (χ4v) is 3.75. The van der Waals surface area contributed by atoms with Crippen LogP contribution in [0.25, 0.3) is 0 Å². The molecule has 0 radical (unpaired) electrons. The van der Waals surface area contributed by atoms with Crippen LogP contribution in [0, 0.1) is 17.2 Å². The van der Waals surface area contributed by atoms with Crippen molar-refractivity contribution in [2.45, 2.75) is 32.3 Å². The first-order chi connectivity index (χ1) is 15.8. The standard InChI is InChI=1S/C26H23F2NO4/c1-17(2)26(16-29,24(30)31)21-13-14-22(33-25(27)28)23(32-19-11-7-4-8-12-19)20(21)15-18-9-5-3-6-10-18/h3-14,17,25H,15H2,1-2H3,(H,30,31)/p-1. The lowest BCUT2D eigenvalue weighted by atomic mass is 9.70. The van der Waals surface area contributed by atoms with Crippen molar-refractivity contribution >= 4 is 5.97 Å². The molecule has 3 aromatic carbocycles. The van der Waals surface area contributed by atoms with E-state index in [-0.39, 0.29) is 29.0 Å². The highest BCUT2D eigenvalue weighted by Crippen LogP contribution is 2.44. The van der Waals surface area contributed by atoms with Crippen LogP contribution in [-0.4, -0.2) is 12.6 Å². The van der Waals surface area contributed by atoms with Gasteiger partial charge in [0.1, 0.15) is 11.2 Å². The number of nitrogens with zero attached hydrogens (tertiary/aromatic N) is 1. The normalized spacial score (nSPS) is 12.8. The van der Waals surface area contributed by atoms with E-state index in [1.807, 2.05) is 12.1 Å². The molecule has 0 spiro atoms. The van der Waals surface area contributed by atoms with E-state index in [1.165, 1.54) is 12.1 Å². The van der Waals surface area contributed by atoms with Crippen LogP contribution < -0.4 is 14.6 Å². The summed E-state index contributed by atoms with van der Waals surface area (Å²) in [6, 6.07) is 21.9. The van der Waals surface area contributed by atoms with Gasteiger partial charge in [-0.15, -0.1) is 0 Å². The number of carbonyl (C=O) groups is 1. The van der Waals surface area contributed by atoms with E-state index in [1.54, 1.807) is 68.4 Å². The second-order valence-corrected chi connectivity index (χ2v) is 7.74. The maximum absolute atomic E-state index is 13.2. The van der Waals surface area contributed by atoms with Crippen molar-refractivity contribution in [1.82, 2.24) is 0 Å². The SMILES string of the molecule is CC(C)C(C#N)(C(=O)[O-])c1ccc(OC(F)F)c(Oc2ccccc2)c1Cc1ccccc1. The van der Waals surface area contributed by atoms with Crippen molar-refractivity contribution in [2.24, 2.45) is 5.92 Å². The van der Waals surface area contributed by atoms with Crippen molar-refractivity contribution in [3.63, 3.8) is 0 Å². The maximum atomic E-state index is 13.2. The molecule has 7 heteroatoms. The number of ether oxygens (including phenoxy) is 2. The zero-order chi connectivity index (χ0) is 24.0. The highest BCUT2D eigenvalue weighted by molar-refractivity contribution is 5.85. The minimum Gasteiger partial charge on any atom is -0.548 e. The predicted molar refractivity (Wildman–Crippen MR) is 116 cm³/mol. The van der Waals surface area contributed by atoms with Crippen molar-refractivity contribution < 1.29 is 28.2 Å². The third-order valence-corrected chi connectivity index (χ3v) is 5.42. The molecule has 3 aromatic rings. The average Bonchev–Trinajstić information content (AvgIpc) is 2.78. The maximum Gasteiger partial charge on any atom is 0.387 e. The number of hydrogen-bond acceptors (Lipinski definition) is 5. The van der Waals surface area contributed by atoms with Gasteiger partial charge in [0.25, 0.3) is 0 Å². The molecule has 0 saturated carbocycles. The van der Waals surface area contributed by atoms with E-state index in [0.29, 0.717) is 5.75 Å². The van der Waals surface area contributed by atoms with Gasteiger partial charge in [-0.25, -0.2) is 0 Å². The Morgan fingerprint density at radius 1 is 1.03 bits per heavy atom. The number of nitriles is 1. The summed E-state index contributed by atoms with van der Waals surface area (Å²) in [5.41, 5.74) is -0.915. The van der Waals surface area contributed by atoms with Crippen LogP contribution >= 0.6 is 0 Å². The third-order valence-electron chi connectivity index (χ3n) is 5.42. The van der Waals surface area contributed by atoms with Crippen molar-refractivity contribution in [3.8, 4) is 23.3 Å². The molecule has 0 bridgehead atoms. The second-order valence-electron chi connectivity index (χ2n) is 7.74. The molecule has 0 saturated heterocycles. The molecule has 0 N–H and O–H groups in total. The Hall–Kier alpha value is -3.92. The number of rotatable bonds is 9. The summed E-state index contributed by atoms with van der Waals surface area (Å²) < 4.78 is 37.1. The first-order valence-corrected chi connectivity index (χ1v) is 10.3. The number of hydrogen-bond donors (Lipinski definition) is 0. The molecule has 33 heavy (non-hydrogen) atoms. The summed E-state index contributed by atoms with van der Waals surface area (Å²) >= 11 is 0. The molecule has 0 heterocycles. The third kappa shape index (κ3) is 4.96. The van der Waals surface area contributed by atoms with Gasteiger partial charge < -0.3 is 19.4 Å². The Labute approximate surface area is 190 Å². The molecule has 0 amide bonds. The Kier molecular flexibility index (Phi) is 7.29. The van der Waals surface area contributed by atoms with Crippen LogP contribution in [0.2, 0.25) is 0 Å². The van der Waals surface area contributed by atoms with Crippen molar-refractivity contribution in [2.75, 3.05) is 0 Å². The predicted octanol–water partition coefficient (Wildman–Crippen LogP) is 4.84. The highest BCUT2D eigenvalue weighted by Gasteiger charge is 2.41. The molecule has 5 nitrogen and oxygen atoms in total. The first kappa shape index (κ1) is 23.7. The fraction of sp³-hybridized carbons (Fsp3) is 0.231. The number of aliphatic carboxylic acids is 1. The number of para-hydroxylation sites is 1. The molecule has 0 aliphatic heterocycles. The quantitative estimate of drug-likeness (QED) is 0.466. The smallest absolute Gasteiger partial charge is 0.387 e. The van der Waals surface area contributed by atoms with Crippen LogP contribution in [0.5, 0.6) is 17.2 Å². The summed E-state index contributed by atoms with van der Waals surface area (Å²) in [5.74, 6) is -2.28. The number of benzene rings is 3. The van der Waals surface area contributed by atoms with E-state index in [9.17, 15) is 23.9 Å². The summed E-state index contributed by atoms with van der Waals surface area (Å²) in [4.78, 5) is 12.3. The summed E-state index contributed by atoms with van der Waals surface area (Å²) in [5, 5.41) is 22.3. The number of carbonyl (C=O) groups excluding carboxylic acids is 1. The lowest BCUT2D eigenvalue weighted by molar-refractivity contribution is -0.313.